The average Bonchev–Trinajstić information content (AvgIpc) is 3.10. The molecule has 1 aromatic rings. The maximum absolute atomic E-state index is 11.8. The van der Waals surface area contributed by atoms with E-state index in [9.17, 15) is 9.59 Å². The SMILES string of the molecule is N[C@H](C(=O)NC1(C(=O)O)CC1)c1ccccc1. The molecule has 17 heavy (non-hydrogen) atoms. The fraction of sp³-hybridized carbons (Fsp3) is 0.333. The predicted octanol–water partition coefficient (Wildman–Crippen LogP) is 0.420. The Morgan fingerprint density at radius 3 is 2.35 bits per heavy atom. The molecule has 5 nitrogen and oxygen atoms in total. The first-order valence-electron chi connectivity index (χ1n) is 5.41. The Kier molecular flexibility index (Phi) is 2.85. The molecule has 0 heterocycles. The van der Waals surface area contributed by atoms with E-state index in [2.05, 4.69) is 5.32 Å². The predicted molar refractivity (Wildman–Crippen MR) is 61.1 cm³/mol. The van der Waals surface area contributed by atoms with Crippen molar-refractivity contribution in [3.63, 3.8) is 0 Å². The van der Waals surface area contributed by atoms with E-state index in [0.717, 1.165) is 0 Å². The molecule has 90 valence electrons. The van der Waals surface area contributed by atoms with E-state index in [1.807, 2.05) is 6.07 Å². The summed E-state index contributed by atoms with van der Waals surface area (Å²) in [7, 11) is 0. The summed E-state index contributed by atoms with van der Waals surface area (Å²) >= 11 is 0. The van der Waals surface area contributed by atoms with E-state index < -0.39 is 23.5 Å². The highest BCUT2D eigenvalue weighted by molar-refractivity contribution is 5.92. The zero-order chi connectivity index (χ0) is 12.5. The van der Waals surface area contributed by atoms with Crippen molar-refractivity contribution in [1.82, 2.24) is 5.32 Å². The molecule has 1 atom stereocenters. The summed E-state index contributed by atoms with van der Waals surface area (Å²) in [5.74, 6) is -1.44. The number of benzene rings is 1. The standard InChI is InChI=1S/C12H14N2O3/c13-9(8-4-2-1-3-5-8)10(15)14-12(6-7-12)11(16)17/h1-5,9H,6-7,13H2,(H,14,15)(H,16,17)/t9-/m0/s1. The fourth-order valence-electron chi connectivity index (χ4n) is 1.64. The molecule has 1 aliphatic rings. The maximum Gasteiger partial charge on any atom is 0.329 e. The summed E-state index contributed by atoms with van der Waals surface area (Å²) in [4.78, 5) is 22.7. The summed E-state index contributed by atoms with van der Waals surface area (Å²) in [6.07, 6.45) is 0.936. The second kappa shape index (κ2) is 4.18. The molecule has 1 fully saturated rings. The van der Waals surface area contributed by atoms with Crippen molar-refractivity contribution in [3.05, 3.63) is 35.9 Å². The van der Waals surface area contributed by atoms with Gasteiger partial charge in [-0.2, -0.15) is 0 Å². The normalized spacial score (nSPS) is 18.2. The lowest BCUT2D eigenvalue weighted by molar-refractivity contribution is -0.143. The Balaban J connectivity index is 2.04. The lowest BCUT2D eigenvalue weighted by atomic mass is 10.1. The Morgan fingerprint density at radius 2 is 1.88 bits per heavy atom. The van der Waals surface area contributed by atoms with Crippen molar-refractivity contribution in [2.24, 2.45) is 5.73 Å². The molecule has 0 saturated heterocycles. The zero-order valence-corrected chi connectivity index (χ0v) is 9.22. The molecule has 1 amide bonds. The van der Waals surface area contributed by atoms with Crippen LogP contribution in [0, 0.1) is 0 Å². The lowest BCUT2D eigenvalue weighted by Crippen LogP contribution is -2.46. The summed E-state index contributed by atoms with van der Waals surface area (Å²) in [6.45, 7) is 0. The number of carboxylic acids is 1. The van der Waals surface area contributed by atoms with Crippen LogP contribution in [0.4, 0.5) is 0 Å². The largest absolute Gasteiger partial charge is 0.480 e. The van der Waals surface area contributed by atoms with Crippen molar-refractivity contribution in [1.29, 1.82) is 0 Å². The summed E-state index contributed by atoms with van der Waals surface area (Å²) in [5.41, 5.74) is 5.36. The molecular weight excluding hydrogens is 220 g/mol. The van der Waals surface area contributed by atoms with Crippen molar-refractivity contribution in [2.75, 3.05) is 0 Å². The fourth-order valence-corrected chi connectivity index (χ4v) is 1.64. The van der Waals surface area contributed by atoms with Gasteiger partial charge < -0.3 is 16.2 Å². The highest BCUT2D eigenvalue weighted by Crippen LogP contribution is 2.35. The monoisotopic (exact) mass is 234 g/mol. The Bertz CT molecular complexity index is 440. The van der Waals surface area contributed by atoms with Crippen LogP contribution in [0.1, 0.15) is 24.4 Å². The average molecular weight is 234 g/mol. The highest BCUT2D eigenvalue weighted by atomic mass is 16.4. The summed E-state index contributed by atoms with van der Waals surface area (Å²) < 4.78 is 0. The van der Waals surface area contributed by atoms with Gasteiger partial charge in [0.1, 0.15) is 11.6 Å². The summed E-state index contributed by atoms with van der Waals surface area (Å²) in [5, 5.41) is 11.5. The van der Waals surface area contributed by atoms with Gasteiger partial charge in [0, 0.05) is 0 Å². The number of nitrogens with two attached hydrogens (primary N) is 1. The summed E-state index contributed by atoms with van der Waals surface area (Å²) in [6, 6.07) is 8.05. The topological polar surface area (TPSA) is 92.4 Å². The molecule has 4 N–H and O–H groups in total. The number of rotatable bonds is 4. The first-order chi connectivity index (χ1) is 8.05. The minimum Gasteiger partial charge on any atom is -0.480 e. The van der Waals surface area contributed by atoms with Crippen molar-refractivity contribution in [2.45, 2.75) is 24.4 Å². The number of nitrogens with one attached hydrogen (secondary N) is 1. The van der Waals surface area contributed by atoms with Crippen LogP contribution in [0.3, 0.4) is 0 Å². The third-order valence-electron chi connectivity index (χ3n) is 2.96. The third-order valence-corrected chi connectivity index (χ3v) is 2.96. The van der Waals surface area contributed by atoms with Gasteiger partial charge in [0.2, 0.25) is 5.91 Å². The van der Waals surface area contributed by atoms with Gasteiger partial charge in [-0.15, -0.1) is 0 Å². The molecular formula is C12H14N2O3. The Hall–Kier alpha value is -1.88. The van der Waals surface area contributed by atoms with Crippen LogP contribution in [0.2, 0.25) is 0 Å². The zero-order valence-electron chi connectivity index (χ0n) is 9.22. The van der Waals surface area contributed by atoms with Crippen LogP contribution in [0.15, 0.2) is 30.3 Å². The molecule has 5 heteroatoms. The number of carbonyl (C=O) groups excluding carboxylic acids is 1. The Labute approximate surface area is 98.6 Å². The van der Waals surface area contributed by atoms with Gasteiger partial charge in [-0.1, -0.05) is 30.3 Å². The van der Waals surface area contributed by atoms with Gasteiger partial charge in [-0.3, -0.25) is 4.79 Å². The van der Waals surface area contributed by atoms with Crippen molar-refractivity contribution >= 4 is 11.9 Å². The highest BCUT2D eigenvalue weighted by Gasteiger charge is 2.52. The number of hydrogen-bond acceptors (Lipinski definition) is 3. The van der Waals surface area contributed by atoms with Crippen LogP contribution in [0.5, 0.6) is 0 Å². The van der Waals surface area contributed by atoms with E-state index in [0.29, 0.717) is 18.4 Å². The maximum atomic E-state index is 11.8. The number of carboxylic acid groups (broad SMARTS) is 1. The molecule has 1 aliphatic carbocycles. The van der Waals surface area contributed by atoms with Gasteiger partial charge >= 0.3 is 5.97 Å². The van der Waals surface area contributed by atoms with E-state index >= 15 is 0 Å². The smallest absolute Gasteiger partial charge is 0.329 e. The van der Waals surface area contributed by atoms with E-state index in [-0.39, 0.29) is 0 Å². The number of carbonyl (C=O) groups is 2. The molecule has 0 aromatic heterocycles. The first-order valence-corrected chi connectivity index (χ1v) is 5.41. The minimum absolute atomic E-state index is 0.448. The number of aliphatic carboxylic acids is 1. The second-order valence-corrected chi connectivity index (χ2v) is 4.26. The van der Waals surface area contributed by atoms with Crippen LogP contribution in [0.25, 0.3) is 0 Å². The minimum atomic E-state index is -1.08. The second-order valence-electron chi connectivity index (χ2n) is 4.26. The van der Waals surface area contributed by atoms with Crippen LogP contribution in [-0.4, -0.2) is 22.5 Å². The number of amides is 1. The van der Waals surface area contributed by atoms with Crippen LogP contribution in [-0.2, 0) is 9.59 Å². The quantitative estimate of drug-likeness (QED) is 0.704. The van der Waals surface area contributed by atoms with Gasteiger partial charge in [-0.05, 0) is 18.4 Å². The van der Waals surface area contributed by atoms with Gasteiger partial charge in [0.05, 0.1) is 0 Å². The van der Waals surface area contributed by atoms with Crippen LogP contribution >= 0.6 is 0 Å². The van der Waals surface area contributed by atoms with E-state index in [1.165, 1.54) is 0 Å². The molecule has 2 rings (SSSR count). The lowest BCUT2D eigenvalue weighted by Gasteiger charge is -2.16. The first kappa shape index (κ1) is 11.6. The van der Waals surface area contributed by atoms with Gasteiger partial charge in [0.25, 0.3) is 0 Å². The van der Waals surface area contributed by atoms with E-state index in [4.69, 9.17) is 10.8 Å². The molecule has 0 spiro atoms. The molecule has 1 aromatic carbocycles. The van der Waals surface area contributed by atoms with Crippen molar-refractivity contribution in [3.8, 4) is 0 Å². The molecule has 0 aliphatic heterocycles. The van der Waals surface area contributed by atoms with Crippen molar-refractivity contribution < 1.29 is 14.7 Å². The molecule has 0 radical (unpaired) electrons. The van der Waals surface area contributed by atoms with E-state index in [1.54, 1.807) is 24.3 Å². The van der Waals surface area contributed by atoms with Gasteiger partial charge in [-0.25, -0.2) is 4.79 Å². The molecule has 0 unspecified atom stereocenters. The number of hydrogen-bond donors (Lipinski definition) is 3. The van der Waals surface area contributed by atoms with Gasteiger partial charge in [0.15, 0.2) is 0 Å². The third kappa shape index (κ3) is 2.29. The Morgan fingerprint density at radius 1 is 1.29 bits per heavy atom. The molecule has 0 bridgehead atoms. The van der Waals surface area contributed by atoms with Crippen LogP contribution < -0.4 is 11.1 Å². The molecule has 1 saturated carbocycles.